The van der Waals surface area contributed by atoms with E-state index in [0.717, 1.165) is 37.3 Å². The molecule has 1 saturated heterocycles. The average Bonchev–Trinajstić information content (AvgIpc) is 2.77. The number of hydrogen-bond acceptors (Lipinski definition) is 4. The Labute approximate surface area is 169 Å². The van der Waals surface area contributed by atoms with Gasteiger partial charge in [-0.1, -0.05) is 36.4 Å². The molecule has 148 valence electrons. The number of nitrogens with one attached hydrogen (secondary N) is 1. The van der Waals surface area contributed by atoms with E-state index in [-0.39, 0.29) is 23.1 Å². The van der Waals surface area contributed by atoms with E-state index in [0.29, 0.717) is 6.54 Å². The normalized spacial score (nSPS) is 14.6. The summed E-state index contributed by atoms with van der Waals surface area (Å²) in [5.74, 6) is 0.665. The van der Waals surface area contributed by atoms with Crippen molar-refractivity contribution in [3.05, 3.63) is 94.5 Å². The fourth-order valence-electron chi connectivity index (χ4n) is 3.67. The molecule has 1 aliphatic heterocycles. The zero-order chi connectivity index (χ0) is 20.1. The van der Waals surface area contributed by atoms with Gasteiger partial charge in [0.1, 0.15) is 11.4 Å². The summed E-state index contributed by atoms with van der Waals surface area (Å²) in [5.41, 5.74) is 0.949. The number of hydrogen-bond donors (Lipinski definition) is 1. The third kappa shape index (κ3) is 4.54. The van der Waals surface area contributed by atoms with Gasteiger partial charge in [0.05, 0.1) is 6.54 Å². The Kier molecular flexibility index (Phi) is 5.70. The lowest BCUT2D eigenvalue weighted by Gasteiger charge is -2.33. The molecule has 29 heavy (non-hydrogen) atoms. The van der Waals surface area contributed by atoms with Gasteiger partial charge in [-0.25, -0.2) is 4.98 Å². The van der Waals surface area contributed by atoms with Crippen molar-refractivity contribution in [2.45, 2.75) is 25.4 Å². The van der Waals surface area contributed by atoms with E-state index in [1.807, 2.05) is 48.5 Å². The van der Waals surface area contributed by atoms with E-state index in [1.165, 1.54) is 0 Å². The van der Waals surface area contributed by atoms with Crippen LogP contribution in [0.3, 0.4) is 0 Å². The number of carbonyl (C=O) groups excluding carboxylic acids is 1. The molecule has 6 nitrogen and oxygen atoms in total. The van der Waals surface area contributed by atoms with Crippen LogP contribution < -0.4 is 15.8 Å². The van der Waals surface area contributed by atoms with Crippen LogP contribution in [0, 0.1) is 0 Å². The molecular formula is C23H24N4O2. The molecule has 1 amide bonds. The summed E-state index contributed by atoms with van der Waals surface area (Å²) >= 11 is 0. The van der Waals surface area contributed by atoms with Crippen LogP contribution in [0.5, 0.6) is 0 Å². The van der Waals surface area contributed by atoms with Crippen LogP contribution in [0.4, 0.5) is 5.82 Å². The Morgan fingerprint density at radius 1 is 1.00 bits per heavy atom. The second kappa shape index (κ2) is 8.73. The third-order valence-corrected chi connectivity index (χ3v) is 5.26. The first-order valence-corrected chi connectivity index (χ1v) is 9.91. The Morgan fingerprint density at radius 2 is 1.76 bits per heavy atom. The van der Waals surface area contributed by atoms with Gasteiger partial charge in [-0.05, 0) is 42.7 Å². The smallest absolute Gasteiger partial charge is 0.263 e. The summed E-state index contributed by atoms with van der Waals surface area (Å²) in [6, 6.07) is 19.0. The van der Waals surface area contributed by atoms with E-state index in [1.54, 1.807) is 29.1 Å². The second-order valence-electron chi connectivity index (χ2n) is 7.26. The molecule has 0 bridgehead atoms. The Bertz CT molecular complexity index is 1010. The van der Waals surface area contributed by atoms with Crippen molar-refractivity contribution in [1.82, 2.24) is 14.9 Å². The maximum atomic E-state index is 12.8. The molecule has 3 aromatic rings. The second-order valence-corrected chi connectivity index (χ2v) is 7.26. The minimum atomic E-state index is -0.298. The number of amides is 1. The Balaban J connectivity index is 1.39. The summed E-state index contributed by atoms with van der Waals surface area (Å²) in [7, 11) is 0. The van der Waals surface area contributed by atoms with Crippen molar-refractivity contribution in [2.75, 3.05) is 18.0 Å². The van der Waals surface area contributed by atoms with Crippen LogP contribution in [0.15, 0.2) is 77.9 Å². The monoisotopic (exact) mass is 388 g/mol. The van der Waals surface area contributed by atoms with E-state index < -0.39 is 0 Å². The number of pyridine rings is 2. The maximum Gasteiger partial charge on any atom is 0.263 e. The van der Waals surface area contributed by atoms with Gasteiger partial charge in [-0.15, -0.1) is 0 Å². The quantitative estimate of drug-likeness (QED) is 0.730. The molecule has 0 aliphatic carbocycles. The van der Waals surface area contributed by atoms with Crippen LogP contribution in [-0.4, -0.2) is 34.6 Å². The van der Waals surface area contributed by atoms with Crippen molar-refractivity contribution >= 4 is 11.7 Å². The first-order chi connectivity index (χ1) is 14.2. The molecule has 0 radical (unpaired) electrons. The van der Waals surface area contributed by atoms with Gasteiger partial charge in [0, 0.05) is 31.5 Å². The lowest BCUT2D eigenvalue weighted by molar-refractivity contribution is 0.0929. The minimum absolute atomic E-state index is 0.0599. The van der Waals surface area contributed by atoms with Crippen LogP contribution in [0.1, 0.15) is 28.8 Å². The number of nitrogens with zero attached hydrogens (tertiary/aromatic N) is 3. The fourth-order valence-corrected chi connectivity index (χ4v) is 3.67. The van der Waals surface area contributed by atoms with Gasteiger partial charge in [0.2, 0.25) is 0 Å². The van der Waals surface area contributed by atoms with Gasteiger partial charge in [0.15, 0.2) is 0 Å². The topological polar surface area (TPSA) is 67.2 Å². The van der Waals surface area contributed by atoms with Gasteiger partial charge in [-0.3, -0.25) is 9.59 Å². The van der Waals surface area contributed by atoms with Crippen LogP contribution in [0.2, 0.25) is 0 Å². The Hall–Kier alpha value is -3.41. The number of aromatic nitrogens is 2. The predicted molar refractivity (Wildman–Crippen MR) is 113 cm³/mol. The van der Waals surface area contributed by atoms with Gasteiger partial charge in [0.25, 0.3) is 11.5 Å². The third-order valence-electron chi connectivity index (χ3n) is 5.26. The van der Waals surface area contributed by atoms with E-state index >= 15 is 0 Å². The SMILES string of the molecule is O=C(NC1CCN(c2ccccn2)CC1)c1cccn(Cc2ccccc2)c1=O. The number of benzene rings is 1. The number of rotatable bonds is 5. The molecule has 0 saturated carbocycles. The standard InChI is InChI=1S/C23H24N4O2/c28-22(25-19-11-15-26(16-12-19)21-10-4-5-13-24-21)20-9-6-14-27(23(20)29)17-18-7-2-1-3-8-18/h1-10,13-14,19H,11-12,15-17H2,(H,25,28). The molecule has 6 heteroatoms. The number of carbonyl (C=O) groups is 1. The summed E-state index contributed by atoms with van der Waals surface area (Å²) in [4.78, 5) is 32.1. The minimum Gasteiger partial charge on any atom is -0.356 e. The zero-order valence-electron chi connectivity index (χ0n) is 16.2. The van der Waals surface area contributed by atoms with Crippen molar-refractivity contribution in [2.24, 2.45) is 0 Å². The summed E-state index contributed by atoms with van der Waals surface area (Å²) in [6.07, 6.45) is 5.16. The molecule has 1 aliphatic rings. The summed E-state index contributed by atoms with van der Waals surface area (Å²) < 4.78 is 1.58. The van der Waals surface area contributed by atoms with Crippen molar-refractivity contribution < 1.29 is 4.79 Å². The lowest BCUT2D eigenvalue weighted by Crippen LogP contribution is -2.46. The van der Waals surface area contributed by atoms with Crippen molar-refractivity contribution in [3.63, 3.8) is 0 Å². The van der Waals surface area contributed by atoms with E-state index in [2.05, 4.69) is 15.2 Å². The maximum absolute atomic E-state index is 12.8. The molecule has 4 rings (SSSR count). The van der Waals surface area contributed by atoms with E-state index in [4.69, 9.17) is 0 Å². The first-order valence-electron chi connectivity index (χ1n) is 9.91. The van der Waals surface area contributed by atoms with E-state index in [9.17, 15) is 9.59 Å². The molecular weight excluding hydrogens is 364 g/mol. The fraction of sp³-hybridized carbons (Fsp3) is 0.261. The number of piperidine rings is 1. The lowest BCUT2D eigenvalue weighted by atomic mass is 10.0. The molecule has 1 aromatic carbocycles. The molecule has 1 fully saturated rings. The Morgan fingerprint density at radius 3 is 2.48 bits per heavy atom. The number of anilines is 1. The largest absolute Gasteiger partial charge is 0.356 e. The highest BCUT2D eigenvalue weighted by Crippen LogP contribution is 2.17. The summed E-state index contributed by atoms with van der Waals surface area (Å²) in [6.45, 7) is 2.10. The molecule has 0 spiro atoms. The summed E-state index contributed by atoms with van der Waals surface area (Å²) in [5, 5.41) is 3.04. The first kappa shape index (κ1) is 18.9. The van der Waals surface area contributed by atoms with Crippen LogP contribution in [-0.2, 0) is 6.54 Å². The highest BCUT2D eigenvalue weighted by Gasteiger charge is 2.23. The molecule has 1 N–H and O–H groups in total. The van der Waals surface area contributed by atoms with Crippen molar-refractivity contribution in [1.29, 1.82) is 0 Å². The predicted octanol–water partition coefficient (Wildman–Crippen LogP) is 2.69. The molecule has 0 atom stereocenters. The van der Waals surface area contributed by atoms with Gasteiger partial charge < -0.3 is 14.8 Å². The highest BCUT2D eigenvalue weighted by atomic mass is 16.2. The van der Waals surface area contributed by atoms with Crippen LogP contribution in [0.25, 0.3) is 0 Å². The van der Waals surface area contributed by atoms with Crippen LogP contribution >= 0.6 is 0 Å². The van der Waals surface area contributed by atoms with Crippen molar-refractivity contribution in [3.8, 4) is 0 Å². The van der Waals surface area contributed by atoms with Gasteiger partial charge in [-0.2, -0.15) is 0 Å². The highest BCUT2D eigenvalue weighted by molar-refractivity contribution is 5.94. The molecule has 3 heterocycles. The van der Waals surface area contributed by atoms with Gasteiger partial charge >= 0.3 is 0 Å². The zero-order valence-corrected chi connectivity index (χ0v) is 16.2. The molecule has 0 unspecified atom stereocenters. The average molecular weight is 388 g/mol. The molecule has 2 aromatic heterocycles.